The van der Waals surface area contributed by atoms with Crippen molar-refractivity contribution in [1.29, 1.82) is 0 Å². The summed E-state index contributed by atoms with van der Waals surface area (Å²) in [6, 6.07) is 0. The number of hydrogen-bond donors (Lipinski definition) is 4. The molecule has 73 heavy (non-hydrogen) atoms. The zero-order chi connectivity index (χ0) is 53.2. The molecule has 0 spiro atoms. The van der Waals surface area contributed by atoms with Crippen molar-refractivity contribution < 1.29 is 19.2 Å². The molecule has 0 aliphatic heterocycles. The van der Waals surface area contributed by atoms with Crippen molar-refractivity contribution in [2.24, 2.45) is 0 Å². The number of rotatable bonds is 60. The molecule has 0 aliphatic carbocycles. The second kappa shape index (κ2) is 59.1. The van der Waals surface area contributed by atoms with E-state index in [4.69, 9.17) is 0 Å². The van der Waals surface area contributed by atoms with Crippen molar-refractivity contribution in [2.75, 3.05) is 65.4 Å². The van der Waals surface area contributed by atoms with E-state index < -0.39 is 0 Å². The Labute approximate surface area is 454 Å². The molecule has 0 atom stereocenters. The third-order valence-electron chi connectivity index (χ3n) is 14.9. The lowest BCUT2D eigenvalue weighted by Gasteiger charge is -2.26. The molecule has 0 rings (SSSR count). The minimum Gasteiger partial charge on any atom is -0.356 e. The van der Waals surface area contributed by atoms with Crippen molar-refractivity contribution >= 4 is 23.6 Å². The topological polar surface area (TPSA) is 123 Å². The number of carbonyl (C=O) groups excluding carboxylic acids is 4. The average Bonchev–Trinajstić information content (AvgIpc) is 3.38. The molecule has 0 aromatic heterocycles. The molecule has 0 saturated heterocycles. The zero-order valence-corrected chi connectivity index (χ0v) is 49.4. The van der Waals surface area contributed by atoms with Crippen molar-refractivity contribution in [1.82, 2.24) is 31.1 Å². The molecule has 0 radical (unpaired) electrons. The predicted molar refractivity (Wildman–Crippen MR) is 315 cm³/mol. The number of nitrogens with zero attached hydrogens (tertiary/aromatic N) is 2. The quantitative estimate of drug-likeness (QED) is 0.0450. The van der Waals surface area contributed by atoms with E-state index in [1.54, 1.807) is 0 Å². The van der Waals surface area contributed by atoms with Crippen LogP contribution in [0.1, 0.15) is 317 Å². The van der Waals surface area contributed by atoms with E-state index >= 15 is 0 Å². The van der Waals surface area contributed by atoms with Crippen molar-refractivity contribution in [3.8, 4) is 0 Å². The first-order valence-corrected chi connectivity index (χ1v) is 32.4. The van der Waals surface area contributed by atoms with Crippen LogP contribution in [0.3, 0.4) is 0 Å². The first-order chi connectivity index (χ1) is 35.9. The van der Waals surface area contributed by atoms with E-state index in [0.717, 1.165) is 123 Å². The lowest BCUT2D eigenvalue weighted by atomic mass is 10.1. The Balaban J connectivity index is 5.10. The largest absolute Gasteiger partial charge is 0.356 e. The summed E-state index contributed by atoms with van der Waals surface area (Å²) in [5, 5.41) is 12.8. The van der Waals surface area contributed by atoms with Gasteiger partial charge in [-0.05, 0) is 97.1 Å². The van der Waals surface area contributed by atoms with Gasteiger partial charge in [-0.3, -0.25) is 19.2 Å². The number of carbonyl (C=O) groups is 4. The number of nitrogens with one attached hydrogen (secondary N) is 4. The molecule has 10 heteroatoms. The van der Waals surface area contributed by atoms with Crippen LogP contribution in [0.5, 0.6) is 0 Å². The fourth-order valence-electron chi connectivity index (χ4n) is 10.0. The fourth-order valence-corrected chi connectivity index (χ4v) is 10.0. The van der Waals surface area contributed by atoms with E-state index in [2.05, 4.69) is 58.8 Å². The van der Waals surface area contributed by atoms with E-state index in [1.165, 1.54) is 180 Å². The Hall–Kier alpha value is -2.20. The Morgan fingerprint density at radius 3 is 0.575 bits per heavy atom. The summed E-state index contributed by atoms with van der Waals surface area (Å²) in [5.74, 6) is 0.719. The third kappa shape index (κ3) is 55.8. The van der Waals surface area contributed by atoms with Gasteiger partial charge in [-0.2, -0.15) is 0 Å². The standard InChI is InChI=1S/C63H126N6O4/c1-5-9-13-17-21-25-29-33-37-46-60(70)64-50-41-54-68(55-42-51-65-61(71)47-38-34-30-26-22-18-14-10-6-2)58-45-59-69(56-43-52-66-62(72)48-39-35-31-27-23-19-15-11-7-3)57-44-53-67-63(73)49-40-36-32-28-24-20-16-12-8-4/h5-59H2,1-4H3,(H,64,70)(H,65,71)(H,66,72)(H,67,73). The van der Waals surface area contributed by atoms with Gasteiger partial charge in [0.2, 0.25) is 23.6 Å². The molecule has 0 aromatic rings. The summed E-state index contributed by atoms with van der Waals surface area (Å²) in [4.78, 5) is 55.8. The number of unbranched alkanes of at least 4 members (excludes halogenated alkanes) is 32. The average molecular weight is 1030 g/mol. The van der Waals surface area contributed by atoms with Crippen molar-refractivity contribution in [2.45, 2.75) is 317 Å². The van der Waals surface area contributed by atoms with Gasteiger partial charge in [0.1, 0.15) is 0 Å². The van der Waals surface area contributed by atoms with Crippen molar-refractivity contribution in [3.63, 3.8) is 0 Å². The SMILES string of the molecule is CCCCCCCCCCCC(=O)NCCCN(CCCNC(=O)CCCCCCCCCCC)CCCN(CCCNC(=O)CCCCCCCCCCC)CCCNC(=O)CCCCCCCCCCC. The molecule has 0 heterocycles. The van der Waals surface area contributed by atoms with Gasteiger partial charge in [0.15, 0.2) is 0 Å². The molecule has 0 unspecified atom stereocenters. The van der Waals surface area contributed by atoms with Crippen molar-refractivity contribution in [3.05, 3.63) is 0 Å². The van der Waals surface area contributed by atoms with E-state index in [9.17, 15) is 19.2 Å². The molecular formula is C63H126N6O4. The van der Waals surface area contributed by atoms with Crippen LogP contribution in [0.4, 0.5) is 0 Å². The highest BCUT2D eigenvalue weighted by atomic mass is 16.2. The molecule has 0 fully saturated rings. The molecule has 0 saturated carbocycles. The van der Waals surface area contributed by atoms with Gasteiger partial charge in [-0.1, -0.05) is 233 Å². The highest BCUT2D eigenvalue weighted by Gasteiger charge is 2.12. The minimum atomic E-state index is 0.180. The molecule has 4 N–H and O–H groups in total. The second-order valence-corrected chi connectivity index (χ2v) is 22.2. The van der Waals surface area contributed by atoms with Gasteiger partial charge >= 0.3 is 0 Å². The van der Waals surface area contributed by atoms with Gasteiger partial charge in [-0.15, -0.1) is 0 Å². The smallest absolute Gasteiger partial charge is 0.219 e. The molecule has 432 valence electrons. The molecule has 0 bridgehead atoms. The highest BCUT2D eigenvalue weighted by Crippen LogP contribution is 2.14. The van der Waals surface area contributed by atoms with Gasteiger partial charge < -0.3 is 31.1 Å². The maximum absolute atomic E-state index is 12.7. The van der Waals surface area contributed by atoms with E-state index in [1.807, 2.05) is 0 Å². The van der Waals surface area contributed by atoms with Crippen LogP contribution in [0, 0.1) is 0 Å². The summed E-state index contributed by atoms with van der Waals surface area (Å²) in [6.07, 6.45) is 52.4. The minimum absolute atomic E-state index is 0.180. The molecular weight excluding hydrogens is 905 g/mol. The Morgan fingerprint density at radius 1 is 0.219 bits per heavy atom. The van der Waals surface area contributed by atoms with Crippen LogP contribution < -0.4 is 21.3 Å². The van der Waals surface area contributed by atoms with Crippen LogP contribution in [0.15, 0.2) is 0 Å². The first-order valence-electron chi connectivity index (χ1n) is 32.4. The van der Waals surface area contributed by atoms with Crippen LogP contribution in [0.25, 0.3) is 0 Å². The van der Waals surface area contributed by atoms with Gasteiger partial charge in [0.25, 0.3) is 0 Å². The number of hydrogen-bond acceptors (Lipinski definition) is 6. The monoisotopic (exact) mass is 1030 g/mol. The lowest BCUT2D eigenvalue weighted by Crippen LogP contribution is -2.36. The van der Waals surface area contributed by atoms with Crippen LogP contribution in [0.2, 0.25) is 0 Å². The highest BCUT2D eigenvalue weighted by molar-refractivity contribution is 5.76. The van der Waals surface area contributed by atoms with Gasteiger partial charge in [0, 0.05) is 51.9 Å². The summed E-state index contributed by atoms with van der Waals surface area (Å²) < 4.78 is 0. The summed E-state index contributed by atoms with van der Waals surface area (Å²) >= 11 is 0. The predicted octanol–water partition coefficient (Wildman–Crippen LogP) is 15.7. The summed E-state index contributed by atoms with van der Waals surface area (Å²) in [6.45, 7) is 17.4. The van der Waals surface area contributed by atoms with Crippen LogP contribution in [-0.2, 0) is 19.2 Å². The number of amides is 4. The third-order valence-corrected chi connectivity index (χ3v) is 14.9. The first kappa shape index (κ1) is 70.8. The van der Waals surface area contributed by atoms with E-state index in [-0.39, 0.29) is 23.6 Å². The molecule has 0 aliphatic rings. The Bertz CT molecular complexity index is 1020. The molecule has 4 amide bonds. The lowest BCUT2D eigenvalue weighted by molar-refractivity contribution is -0.122. The summed E-state index contributed by atoms with van der Waals surface area (Å²) in [7, 11) is 0. The van der Waals surface area contributed by atoms with Crippen LogP contribution >= 0.6 is 0 Å². The Kier molecular flexibility index (Phi) is 57.3. The maximum Gasteiger partial charge on any atom is 0.219 e. The summed E-state index contributed by atoms with van der Waals surface area (Å²) in [5.41, 5.74) is 0. The van der Waals surface area contributed by atoms with Gasteiger partial charge in [-0.25, -0.2) is 0 Å². The van der Waals surface area contributed by atoms with Gasteiger partial charge in [0.05, 0.1) is 0 Å². The van der Waals surface area contributed by atoms with Crippen LogP contribution in [-0.4, -0.2) is 98.9 Å². The Morgan fingerprint density at radius 2 is 0.384 bits per heavy atom. The maximum atomic E-state index is 12.7. The fraction of sp³-hybridized carbons (Fsp3) is 0.937. The normalized spacial score (nSPS) is 11.5. The van der Waals surface area contributed by atoms with E-state index in [0.29, 0.717) is 51.9 Å². The molecule has 0 aromatic carbocycles. The zero-order valence-electron chi connectivity index (χ0n) is 49.4. The molecule has 10 nitrogen and oxygen atoms in total. The second-order valence-electron chi connectivity index (χ2n) is 22.2.